The van der Waals surface area contributed by atoms with Crippen molar-refractivity contribution in [3.05, 3.63) is 98.4 Å². The van der Waals surface area contributed by atoms with E-state index in [1.165, 1.54) is 0 Å². The van der Waals surface area contributed by atoms with E-state index in [4.69, 9.17) is 16.3 Å². The lowest BCUT2D eigenvalue weighted by Crippen LogP contribution is -1.99. The minimum absolute atomic E-state index is 0.206. The van der Waals surface area contributed by atoms with E-state index in [0.29, 0.717) is 11.6 Å². The van der Waals surface area contributed by atoms with Crippen molar-refractivity contribution in [2.45, 2.75) is 6.61 Å². The van der Waals surface area contributed by atoms with Crippen molar-refractivity contribution in [1.82, 2.24) is 9.97 Å². The zero-order valence-electron chi connectivity index (χ0n) is 14.3. The Morgan fingerprint density at radius 3 is 2.70 bits per heavy atom. The second-order valence-corrected chi connectivity index (χ2v) is 6.96. The highest BCUT2D eigenvalue weighted by molar-refractivity contribution is 6.30. The highest BCUT2D eigenvalue weighted by Gasteiger charge is 2.19. The number of imidazole rings is 1. The fraction of sp³-hybridized carbons (Fsp3) is 0.0455. The number of halogens is 1. The summed E-state index contributed by atoms with van der Waals surface area (Å²) in [7, 11) is 0. The number of hydrogen-bond donors (Lipinski definition) is 2. The number of nitrogens with one attached hydrogen (secondary N) is 2. The molecule has 1 aliphatic rings. The smallest absolute Gasteiger partial charge is 0.323 e. The van der Waals surface area contributed by atoms with Gasteiger partial charge in [-0.05, 0) is 58.7 Å². The van der Waals surface area contributed by atoms with Crippen LogP contribution in [0.15, 0.2) is 65.5 Å². The van der Waals surface area contributed by atoms with Gasteiger partial charge < -0.3 is 14.7 Å². The molecule has 1 aromatic heterocycles. The SMILES string of the molecule is O=c1[nH]c2ccc(/C=C3\c4ccccc4COc4cc(Cl)ccc43)cc2[nH]1. The highest BCUT2D eigenvalue weighted by atomic mass is 35.5. The lowest BCUT2D eigenvalue weighted by molar-refractivity contribution is 0.307. The first kappa shape index (κ1) is 16.0. The summed E-state index contributed by atoms with van der Waals surface area (Å²) in [6.45, 7) is 0.491. The van der Waals surface area contributed by atoms with Gasteiger partial charge in [0.25, 0.3) is 0 Å². The van der Waals surface area contributed by atoms with E-state index in [1.54, 1.807) is 0 Å². The van der Waals surface area contributed by atoms with Crippen LogP contribution in [0.4, 0.5) is 0 Å². The third kappa shape index (κ3) is 2.84. The van der Waals surface area contributed by atoms with E-state index >= 15 is 0 Å². The van der Waals surface area contributed by atoms with Crippen LogP contribution < -0.4 is 10.4 Å². The minimum atomic E-state index is -0.206. The molecule has 2 N–H and O–H groups in total. The molecule has 0 amide bonds. The van der Waals surface area contributed by atoms with Crippen LogP contribution in [0.5, 0.6) is 5.75 Å². The summed E-state index contributed by atoms with van der Waals surface area (Å²) < 4.78 is 6.02. The zero-order chi connectivity index (χ0) is 18.4. The van der Waals surface area contributed by atoms with Crippen molar-refractivity contribution in [1.29, 1.82) is 0 Å². The molecule has 0 radical (unpaired) electrons. The van der Waals surface area contributed by atoms with Crippen LogP contribution in [0, 0.1) is 0 Å². The van der Waals surface area contributed by atoms with Gasteiger partial charge in [0.05, 0.1) is 11.0 Å². The van der Waals surface area contributed by atoms with Crippen molar-refractivity contribution in [2.24, 2.45) is 0 Å². The van der Waals surface area contributed by atoms with E-state index in [-0.39, 0.29) is 5.69 Å². The fourth-order valence-electron chi connectivity index (χ4n) is 3.51. The predicted molar refractivity (Wildman–Crippen MR) is 108 cm³/mol. The van der Waals surface area contributed by atoms with Crippen LogP contribution in [-0.2, 0) is 6.61 Å². The average molecular weight is 375 g/mol. The Balaban J connectivity index is 1.75. The first-order chi connectivity index (χ1) is 13.2. The van der Waals surface area contributed by atoms with Gasteiger partial charge in [-0.3, -0.25) is 0 Å². The number of H-pyrrole nitrogens is 2. The maximum Gasteiger partial charge on any atom is 0.323 e. The molecular formula is C22H15ClN2O2. The number of aromatic nitrogens is 2. The number of rotatable bonds is 1. The number of aromatic amines is 2. The summed E-state index contributed by atoms with van der Waals surface area (Å²) in [6.07, 6.45) is 2.12. The monoisotopic (exact) mass is 374 g/mol. The molecule has 132 valence electrons. The van der Waals surface area contributed by atoms with Crippen LogP contribution in [0.1, 0.15) is 22.3 Å². The Labute approximate surface area is 160 Å². The molecule has 0 spiro atoms. The minimum Gasteiger partial charge on any atom is -0.488 e. The molecule has 4 aromatic rings. The van der Waals surface area contributed by atoms with Crippen LogP contribution in [0.3, 0.4) is 0 Å². The summed E-state index contributed by atoms with van der Waals surface area (Å²) >= 11 is 6.18. The summed E-state index contributed by atoms with van der Waals surface area (Å²) in [5, 5.41) is 0.644. The summed E-state index contributed by atoms with van der Waals surface area (Å²) in [6, 6.07) is 19.8. The largest absolute Gasteiger partial charge is 0.488 e. The number of ether oxygens (including phenoxy) is 1. The molecule has 3 aromatic carbocycles. The number of benzene rings is 3. The van der Waals surface area contributed by atoms with E-state index in [0.717, 1.165) is 44.6 Å². The molecular weight excluding hydrogens is 360 g/mol. The van der Waals surface area contributed by atoms with Gasteiger partial charge in [0.1, 0.15) is 12.4 Å². The zero-order valence-corrected chi connectivity index (χ0v) is 15.0. The maximum absolute atomic E-state index is 11.5. The molecule has 5 heteroatoms. The van der Waals surface area contributed by atoms with E-state index < -0.39 is 0 Å². The average Bonchev–Trinajstić information content (AvgIpc) is 2.97. The molecule has 0 unspecified atom stereocenters. The van der Waals surface area contributed by atoms with Gasteiger partial charge in [-0.15, -0.1) is 0 Å². The molecule has 27 heavy (non-hydrogen) atoms. The molecule has 1 aliphatic heterocycles. The topological polar surface area (TPSA) is 57.9 Å². The molecule has 0 bridgehead atoms. The Kier molecular flexibility index (Phi) is 3.66. The Morgan fingerprint density at radius 1 is 0.926 bits per heavy atom. The van der Waals surface area contributed by atoms with Crippen LogP contribution in [0.25, 0.3) is 22.7 Å². The van der Waals surface area contributed by atoms with Gasteiger partial charge in [-0.25, -0.2) is 4.79 Å². The third-order valence-corrected chi connectivity index (χ3v) is 5.01. The Bertz CT molecular complexity index is 1270. The van der Waals surface area contributed by atoms with Crippen molar-refractivity contribution in [3.8, 4) is 5.75 Å². The van der Waals surface area contributed by atoms with Crippen molar-refractivity contribution in [3.63, 3.8) is 0 Å². The van der Waals surface area contributed by atoms with Gasteiger partial charge in [0.2, 0.25) is 0 Å². The summed E-state index contributed by atoms with van der Waals surface area (Å²) in [4.78, 5) is 17.1. The second kappa shape index (κ2) is 6.18. The molecule has 4 nitrogen and oxygen atoms in total. The van der Waals surface area contributed by atoms with Gasteiger partial charge in [0, 0.05) is 10.6 Å². The van der Waals surface area contributed by atoms with Crippen molar-refractivity contribution >= 4 is 34.3 Å². The fourth-order valence-corrected chi connectivity index (χ4v) is 3.67. The molecule has 5 rings (SSSR count). The first-order valence-corrected chi connectivity index (χ1v) is 9.00. The van der Waals surface area contributed by atoms with Gasteiger partial charge in [-0.2, -0.15) is 0 Å². The lowest BCUT2D eigenvalue weighted by Gasteiger charge is -2.11. The number of hydrogen-bond acceptors (Lipinski definition) is 2. The second-order valence-electron chi connectivity index (χ2n) is 6.53. The van der Waals surface area contributed by atoms with Crippen molar-refractivity contribution in [2.75, 3.05) is 0 Å². The van der Waals surface area contributed by atoms with Crippen LogP contribution in [0.2, 0.25) is 5.02 Å². The molecule has 2 heterocycles. The van der Waals surface area contributed by atoms with Crippen LogP contribution in [-0.4, -0.2) is 9.97 Å². The first-order valence-electron chi connectivity index (χ1n) is 8.62. The molecule has 0 atom stereocenters. The molecule has 0 fully saturated rings. The standard InChI is InChI=1S/C22H15ClN2O2/c23-15-6-7-17-18(9-13-5-8-19-20(10-13)25-22(26)24-19)16-4-2-1-3-14(16)12-27-21(17)11-15/h1-11H,12H2,(H2,24,25,26)/b18-9+. The molecule has 0 saturated heterocycles. The van der Waals surface area contributed by atoms with Crippen LogP contribution >= 0.6 is 11.6 Å². The quantitative estimate of drug-likeness (QED) is 0.493. The number of fused-ring (bicyclic) bond motifs is 3. The summed E-state index contributed by atoms with van der Waals surface area (Å²) in [5.41, 5.74) is 6.66. The summed E-state index contributed by atoms with van der Waals surface area (Å²) in [5.74, 6) is 0.765. The predicted octanol–water partition coefficient (Wildman–Crippen LogP) is 4.99. The van der Waals surface area contributed by atoms with Gasteiger partial charge >= 0.3 is 5.69 Å². The van der Waals surface area contributed by atoms with E-state index in [2.05, 4.69) is 28.2 Å². The molecule has 0 saturated carbocycles. The molecule has 0 aliphatic carbocycles. The van der Waals surface area contributed by atoms with E-state index in [9.17, 15) is 4.79 Å². The Hall–Kier alpha value is -3.24. The van der Waals surface area contributed by atoms with Gasteiger partial charge in [-0.1, -0.05) is 41.9 Å². The maximum atomic E-state index is 11.5. The van der Waals surface area contributed by atoms with E-state index in [1.807, 2.05) is 48.5 Å². The lowest BCUT2D eigenvalue weighted by atomic mass is 9.92. The third-order valence-electron chi connectivity index (χ3n) is 4.78. The normalized spacial score (nSPS) is 14.5. The van der Waals surface area contributed by atoms with Gasteiger partial charge in [0.15, 0.2) is 0 Å². The Morgan fingerprint density at radius 2 is 1.78 bits per heavy atom. The van der Waals surface area contributed by atoms with Crippen molar-refractivity contribution < 1.29 is 4.74 Å². The highest BCUT2D eigenvalue weighted by Crippen LogP contribution is 2.39.